The Hall–Kier alpha value is -1.23. The molecule has 1 N–H and O–H groups in total. The van der Waals surface area contributed by atoms with Crippen LogP contribution in [0.1, 0.15) is 36.0 Å². The lowest BCUT2D eigenvalue weighted by Gasteiger charge is -2.52. The predicted octanol–water partition coefficient (Wildman–Crippen LogP) is 3.86. The van der Waals surface area contributed by atoms with Crippen LogP contribution in [0.15, 0.2) is 28.7 Å². The molecule has 24 heavy (non-hydrogen) atoms. The van der Waals surface area contributed by atoms with Crippen molar-refractivity contribution in [3.63, 3.8) is 0 Å². The molecule has 1 aromatic carbocycles. The Bertz CT molecular complexity index is 791. The topological polar surface area (TPSA) is 45.5 Å². The second-order valence-corrected chi connectivity index (χ2v) is 7.55. The standard InChI is InChI=1S/C18H19ClN2O2.ClH/c19-15-10-13-9-12(1-2-14(13)23-15)17(22)20-16-11-3-7-21(8-4-11)18(16)5-6-18;/h1-2,9-11,16H,3-8H2,(H,20,22);1H/t16-;/m1./s1. The summed E-state index contributed by atoms with van der Waals surface area (Å²) in [6.07, 6.45) is 4.88. The lowest BCUT2D eigenvalue weighted by molar-refractivity contribution is -0.00144. The zero-order chi connectivity index (χ0) is 15.6. The SMILES string of the molecule is Cl.O=C(N[C@@H]1C2CCN(CC2)C12CC2)c1ccc2oc(Cl)cc2c1. The monoisotopic (exact) mass is 366 g/mol. The molecule has 1 atom stereocenters. The average Bonchev–Trinajstić information content (AvgIpc) is 3.24. The summed E-state index contributed by atoms with van der Waals surface area (Å²) in [5.41, 5.74) is 1.66. The van der Waals surface area contributed by atoms with Crippen molar-refractivity contribution in [2.24, 2.45) is 5.92 Å². The fraction of sp³-hybridized carbons (Fsp3) is 0.500. The molecule has 2 bridgehead atoms. The molecule has 4 fully saturated rings. The van der Waals surface area contributed by atoms with E-state index in [9.17, 15) is 4.79 Å². The zero-order valence-corrected chi connectivity index (χ0v) is 14.8. The quantitative estimate of drug-likeness (QED) is 0.877. The van der Waals surface area contributed by atoms with Crippen molar-refractivity contribution in [2.75, 3.05) is 13.1 Å². The third-order valence-corrected chi connectivity index (χ3v) is 6.20. The average molecular weight is 367 g/mol. The number of hydrogen-bond donors (Lipinski definition) is 1. The number of hydrogen-bond acceptors (Lipinski definition) is 3. The highest BCUT2D eigenvalue weighted by atomic mass is 35.5. The minimum absolute atomic E-state index is 0. The van der Waals surface area contributed by atoms with Gasteiger partial charge in [-0.3, -0.25) is 9.69 Å². The number of nitrogens with zero attached hydrogens (tertiary/aromatic N) is 1. The van der Waals surface area contributed by atoms with Gasteiger partial charge in [0, 0.05) is 22.6 Å². The maximum Gasteiger partial charge on any atom is 0.251 e. The van der Waals surface area contributed by atoms with E-state index in [0.29, 0.717) is 28.3 Å². The number of carbonyl (C=O) groups excluding carboxylic acids is 1. The number of furan rings is 1. The molecule has 6 rings (SSSR count). The predicted molar refractivity (Wildman–Crippen MR) is 96.0 cm³/mol. The molecular formula is C18H20Cl2N2O2. The summed E-state index contributed by atoms with van der Waals surface area (Å²) >= 11 is 5.89. The third kappa shape index (κ3) is 2.35. The van der Waals surface area contributed by atoms with Crippen molar-refractivity contribution in [1.82, 2.24) is 10.2 Å². The van der Waals surface area contributed by atoms with E-state index in [1.165, 1.54) is 38.8 Å². The molecule has 1 aromatic heterocycles. The maximum absolute atomic E-state index is 12.8. The number of nitrogens with one attached hydrogen (secondary N) is 1. The molecule has 128 valence electrons. The molecule has 4 aliphatic rings. The van der Waals surface area contributed by atoms with Gasteiger partial charge in [-0.2, -0.15) is 0 Å². The molecule has 0 unspecified atom stereocenters. The Balaban J connectivity index is 0.00000146. The first-order chi connectivity index (χ1) is 11.2. The van der Waals surface area contributed by atoms with E-state index in [1.54, 1.807) is 6.07 Å². The smallest absolute Gasteiger partial charge is 0.251 e. The van der Waals surface area contributed by atoms with Crippen LogP contribution in [0.2, 0.25) is 5.22 Å². The van der Waals surface area contributed by atoms with Gasteiger partial charge in [-0.1, -0.05) is 0 Å². The van der Waals surface area contributed by atoms with Crippen molar-refractivity contribution in [2.45, 2.75) is 37.3 Å². The number of amides is 1. The summed E-state index contributed by atoms with van der Waals surface area (Å²) in [4.78, 5) is 15.4. The third-order valence-electron chi connectivity index (χ3n) is 6.02. The minimum Gasteiger partial charge on any atom is -0.445 e. The zero-order valence-electron chi connectivity index (χ0n) is 13.3. The molecule has 4 heterocycles. The van der Waals surface area contributed by atoms with Crippen molar-refractivity contribution < 1.29 is 9.21 Å². The Morgan fingerprint density at radius 2 is 2.00 bits per heavy atom. The highest BCUT2D eigenvalue weighted by molar-refractivity contribution is 6.29. The van der Waals surface area contributed by atoms with Crippen LogP contribution in [-0.4, -0.2) is 35.5 Å². The van der Waals surface area contributed by atoms with E-state index in [1.807, 2.05) is 18.2 Å². The number of piperidine rings is 3. The largest absolute Gasteiger partial charge is 0.445 e. The van der Waals surface area contributed by atoms with Gasteiger partial charge in [0.05, 0.1) is 6.04 Å². The fourth-order valence-corrected chi connectivity index (χ4v) is 4.90. The van der Waals surface area contributed by atoms with E-state index in [-0.39, 0.29) is 23.9 Å². The molecule has 0 radical (unpaired) electrons. The maximum atomic E-state index is 12.8. The van der Waals surface area contributed by atoms with Crippen LogP contribution in [0, 0.1) is 5.92 Å². The number of rotatable bonds is 2. The van der Waals surface area contributed by atoms with Gasteiger partial charge >= 0.3 is 0 Å². The van der Waals surface area contributed by atoms with Crippen LogP contribution in [0.5, 0.6) is 0 Å². The first-order valence-electron chi connectivity index (χ1n) is 8.41. The van der Waals surface area contributed by atoms with Gasteiger partial charge in [0.25, 0.3) is 5.91 Å². The van der Waals surface area contributed by atoms with Gasteiger partial charge in [0.15, 0.2) is 5.22 Å². The molecule has 2 aromatic rings. The number of halogens is 2. The molecule has 3 aliphatic heterocycles. The van der Waals surface area contributed by atoms with E-state index in [2.05, 4.69) is 10.2 Å². The fourth-order valence-electron chi connectivity index (χ4n) is 4.70. The molecule has 1 aliphatic carbocycles. The second kappa shape index (κ2) is 5.65. The van der Waals surface area contributed by atoms with Crippen molar-refractivity contribution in [1.29, 1.82) is 0 Å². The lowest BCUT2D eigenvalue weighted by atomic mass is 9.77. The Morgan fingerprint density at radius 3 is 2.71 bits per heavy atom. The van der Waals surface area contributed by atoms with Crippen molar-refractivity contribution >= 4 is 40.9 Å². The van der Waals surface area contributed by atoms with Gasteiger partial charge < -0.3 is 9.73 Å². The first-order valence-corrected chi connectivity index (χ1v) is 8.79. The van der Waals surface area contributed by atoms with E-state index >= 15 is 0 Å². The first kappa shape index (κ1) is 16.2. The van der Waals surface area contributed by atoms with Gasteiger partial charge in [0.1, 0.15) is 5.58 Å². The van der Waals surface area contributed by atoms with Gasteiger partial charge in [-0.05, 0) is 74.5 Å². The summed E-state index contributed by atoms with van der Waals surface area (Å²) in [7, 11) is 0. The van der Waals surface area contributed by atoms with Gasteiger partial charge in [-0.25, -0.2) is 0 Å². The van der Waals surface area contributed by atoms with E-state index < -0.39 is 0 Å². The molecule has 1 saturated carbocycles. The Morgan fingerprint density at radius 1 is 1.25 bits per heavy atom. The minimum atomic E-state index is 0. The summed E-state index contributed by atoms with van der Waals surface area (Å²) in [5.74, 6) is 0.660. The summed E-state index contributed by atoms with van der Waals surface area (Å²) in [6.45, 7) is 2.41. The lowest BCUT2D eigenvalue weighted by Crippen LogP contribution is -2.65. The normalized spacial score (nSPS) is 29.5. The molecule has 6 heteroatoms. The van der Waals surface area contributed by atoms with Crippen LogP contribution in [0.25, 0.3) is 11.0 Å². The Labute approximate surface area is 151 Å². The van der Waals surface area contributed by atoms with E-state index in [4.69, 9.17) is 16.0 Å². The van der Waals surface area contributed by atoms with E-state index in [0.717, 1.165) is 5.39 Å². The van der Waals surface area contributed by atoms with Crippen LogP contribution in [-0.2, 0) is 0 Å². The number of carbonyl (C=O) groups is 1. The van der Waals surface area contributed by atoms with Gasteiger partial charge in [0.2, 0.25) is 0 Å². The highest BCUT2D eigenvalue weighted by Crippen LogP contribution is 2.53. The summed E-state index contributed by atoms with van der Waals surface area (Å²) < 4.78 is 5.36. The molecule has 1 spiro atoms. The van der Waals surface area contributed by atoms with Crippen LogP contribution in [0.3, 0.4) is 0 Å². The molecule has 4 nitrogen and oxygen atoms in total. The van der Waals surface area contributed by atoms with Crippen molar-refractivity contribution in [3.05, 3.63) is 35.0 Å². The van der Waals surface area contributed by atoms with Crippen molar-refractivity contribution in [3.8, 4) is 0 Å². The second-order valence-electron chi connectivity index (χ2n) is 7.18. The van der Waals surface area contributed by atoms with Crippen LogP contribution < -0.4 is 5.32 Å². The molecule has 1 amide bonds. The summed E-state index contributed by atoms with van der Waals surface area (Å²) in [6, 6.07) is 7.56. The summed E-state index contributed by atoms with van der Waals surface area (Å²) in [5, 5.41) is 4.57. The highest BCUT2D eigenvalue weighted by Gasteiger charge is 2.60. The molecule has 3 saturated heterocycles. The van der Waals surface area contributed by atoms with Crippen LogP contribution >= 0.6 is 24.0 Å². The number of fused-ring (bicyclic) bond motifs is 3. The number of benzene rings is 1. The van der Waals surface area contributed by atoms with Gasteiger partial charge in [-0.15, -0.1) is 12.4 Å². The van der Waals surface area contributed by atoms with Crippen LogP contribution in [0.4, 0.5) is 0 Å². The molecular weight excluding hydrogens is 347 g/mol. The Kier molecular flexibility index (Phi) is 3.83.